The average Bonchev–Trinajstić information content (AvgIpc) is 3.54. The first kappa shape index (κ1) is 26.0. The number of benzene rings is 1. The molecule has 0 aromatic heterocycles. The summed E-state index contributed by atoms with van der Waals surface area (Å²) in [6.45, 7) is 6.76. The lowest BCUT2D eigenvalue weighted by Gasteiger charge is -2.32. The molecule has 1 aromatic carbocycles. The van der Waals surface area contributed by atoms with E-state index in [4.69, 9.17) is 9.47 Å². The first-order chi connectivity index (χ1) is 15.5. The minimum Gasteiger partial charge on any atom is -0.508 e. The first-order valence-corrected chi connectivity index (χ1v) is 11.0. The van der Waals surface area contributed by atoms with E-state index in [9.17, 15) is 24.3 Å². The van der Waals surface area contributed by atoms with E-state index in [1.165, 1.54) is 17.0 Å². The number of ether oxygens (including phenoxy) is 2. The average molecular weight is 464 g/mol. The Labute approximate surface area is 193 Å². The van der Waals surface area contributed by atoms with Crippen LogP contribution in [0.5, 0.6) is 5.75 Å². The van der Waals surface area contributed by atoms with Crippen LogP contribution >= 0.6 is 0 Å². The van der Waals surface area contributed by atoms with Gasteiger partial charge in [-0.3, -0.25) is 14.4 Å². The van der Waals surface area contributed by atoms with Crippen LogP contribution in [0, 0.1) is 0 Å². The van der Waals surface area contributed by atoms with Crippen molar-refractivity contribution in [3.8, 4) is 5.75 Å². The minimum absolute atomic E-state index is 0.0100. The lowest BCUT2D eigenvalue weighted by atomic mass is 10.0. The van der Waals surface area contributed by atoms with Crippen LogP contribution in [-0.4, -0.2) is 65.2 Å². The Kier molecular flexibility index (Phi) is 9.07. The normalized spacial score (nSPS) is 14.1. The third kappa shape index (κ3) is 8.63. The summed E-state index contributed by atoms with van der Waals surface area (Å²) in [4.78, 5) is 51.3. The van der Waals surface area contributed by atoms with Crippen molar-refractivity contribution in [2.24, 2.45) is 0 Å². The number of phenols is 1. The van der Waals surface area contributed by atoms with Crippen molar-refractivity contribution in [3.05, 3.63) is 29.8 Å². The number of phenolic OH excluding ortho intramolecular Hbond substituents is 1. The lowest BCUT2D eigenvalue weighted by molar-refractivity contribution is -0.144. The maximum atomic E-state index is 13.1. The predicted molar refractivity (Wildman–Crippen MR) is 119 cm³/mol. The van der Waals surface area contributed by atoms with Gasteiger partial charge in [0.2, 0.25) is 11.8 Å². The molecule has 3 N–H and O–H groups in total. The van der Waals surface area contributed by atoms with Crippen molar-refractivity contribution >= 4 is 23.9 Å². The molecule has 10 heteroatoms. The quantitative estimate of drug-likeness (QED) is 0.452. The SMILES string of the molecule is CCOC(=O)CCNC(=O)C(c1cccc(O)c1)N(C(=O)CNC(=O)OC(C)(C)C)C1CC1. The zero-order valence-electron chi connectivity index (χ0n) is 19.6. The molecule has 1 aliphatic carbocycles. The molecule has 0 spiro atoms. The van der Waals surface area contributed by atoms with E-state index in [0.717, 1.165) is 0 Å². The predicted octanol–water partition coefficient (Wildman–Crippen LogP) is 2.02. The van der Waals surface area contributed by atoms with Gasteiger partial charge in [0, 0.05) is 12.6 Å². The number of rotatable bonds is 10. The Morgan fingerprint density at radius 3 is 2.45 bits per heavy atom. The highest BCUT2D eigenvalue weighted by atomic mass is 16.6. The summed E-state index contributed by atoms with van der Waals surface area (Å²) in [6.07, 6.45) is 0.677. The fourth-order valence-electron chi connectivity index (χ4n) is 3.22. The van der Waals surface area contributed by atoms with Gasteiger partial charge in [-0.15, -0.1) is 0 Å². The summed E-state index contributed by atoms with van der Waals surface area (Å²) < 4.78 is 10.0. The van der Waals surface area contributed by atoms with Gasteiger partial charge in [-0.25, -0.2) is 4.79 Å². The van der Waals surface area contributed by atoms with E-state index in [2.05, 4.69) is 10.6 Å². The van der Waals surface area contributed by atoms with Gasteiger partial charge in [-0.1, -0.05) is 12.1 Å². The van der Waals surface area contributed by atoms with Crippen LogP contribution in [0.1, 0.15) is 58.6 Å². The Hall–Kier alpha value is -3.30. The molecule has 1 aromatic rings. The van der Waals surface area contributed by atoms with Crippen LogP contribution in [0.2, 0.25) is 0 Å². The van der Waals surface area contributed by atoms with E-state index in [0.29, 0.717) is 18.4 Å². The van der Waals surface area contributed by atoms with E-state index < -0.39 is 35.5 Å². The smallest absolute Gasteiger partial charge is 0.408 e. The number of alkyl carbamates (subject to hydrolysis) is 1. The Morgan fingerprint density at radius 1 is 1.18 bits per heavy atom. The second-order valence-electron chi connectivity index (χ2n) is 8.73. The molecule has 1 aliphatic rings. The van der Waals surface area contributed by atoms with Gasteiger partial charge in [0.25, 0.3) is 0 Å². The first-order valence-electron chi connectivity index (χ1n) is 11.0. The summed E-state index contributed by atoms with van der Waals surface area (Å²) in [6, 6.07) is 4.88. The molecule has 1 fully saturated rings. The molecule has 33 heavy (non-hydrogen) atoms. The number of nitrogens with one attached hydrogen (secondary N) is 2. The summed E-state index contributed by atoms with van der Waals surface area (Å²) in [5.74, 6) is -1.45. The van der Waals surface area contributed by atoms with Crippen LogP contribution < -0.4 is 10.6 Å². The van der Waals surface area contributed by atoms with Crippen molar-refractivity contribution < 1.29 is 33.8 Å². The van der Waals surface area contributed by atoms with Crippen molar-refractivity contribution in [2.75, 3.05) is 19.7 Å². The summed E-state index contributed by atoms with van der Waals surface area (Å²) >= 11 is 0. The van der Waals surface area contributed by atoms with Crippen molar-refractivity contribution in [2.45, 2.75) is 64.6 Å². The number of amides is 3. The molecule has 0 aliphatic heterocycles. The third-order valence-electron chi connectivity index (χ3n) is 4.66. The number of hydrogen-bond acceptors (Lipinski definition) is 7. The molecule has 1 saturated carbocycles. The van der Waals surface area contributed by atoms with Crippen molar-refractivity contribution in [1.82, 2.24) is 15.5 Å². The fraction of sp³-hybridized carbons (Fsp3) is 0.565. The standard InChI is InChI=1S/C23H33N3O7/c1-5-32-19(29)11-12-24-21(30)20(15-7-6-8-17(27)13-15)26(16-9-10-16)18(28)14-25-22(31)33-23(2,3)4/h6-8,13,16,20,27H,5,9-12,14H2,1-4H3,(H,24,30)(H,25,31). The van der Waals surface area contributed by atoms with Crippen LogP contribution in [0.25, 0.3) is 0 Å². The van der Waals surface area contributed by atoms with Crippen LogP contribution in [-0.2, 0) is 23.9 Å². The van der Waals surface area contributed by atoms with E-state index in [1.807, 2.05) is 0 Å². The molecule has 182 valence electrons. The maximum absolute atomic E-state index is 13.1. The van der Waals surface area contributed by atoms with Gasteiger partial charge in [-0.2, -0.15) is 0 Å². The highest BCUT2D eigenvalue weighted by Crippen LogP contribution is 2.35. The number of aromatic hydroxyl groups is 1. The molecule has 0 bridgehead atoms. The molecule has 1 atom stereocenters. The van der Waals surface area contributed by atoms with E-state index >= 15 is 0 Å². The summed E-state index contributed by atoms with van der Waals surface area (Å²) in [5.41, 5.74) is -0.298. The number of carbonyl (C=O) groups excluding carboxylic acids is 4. The van der Waals surface area contributed by atoms with Crippen molar-refractivity contribution in [3.63, 3.8) is 0 Å². The third-order valence-corrected chi connectivity index (χ3v) is 4.66. The number of hydrogen-bond donors (Lipinski definition) is 3. The second-order valence-corrected chi connectivity index (χ2v) is 8.73. The summed E-state index contributed by atoms with van der Waals surface area (Å²) in [7, 11) is 0. The monoisotopic (exact) mass is 463 g/mol. The summed E-state index contributed by atoms with van der Waals surface area (Å²) in [5, 5.41) is 15.1. The molecule has 0 heterocycles. The van der Waals surface area contributed by atoms with E-state index in [-0.39, 0.29) is 37.9 Å². The number of esters is 1. The van der Waals surface area contributed by atoms with Gasteiger partial charge in [-0.05, 0) is 58.2 Å². The van der Waals surface area contributed by atoms with Gasteiger partial charge in [0.15, 0.2) is 0 Å². The zero-order valence-corrected chi connectivity index (χ0v) is 19.6. The maximum Gasteiger partial charge on any atom is 0.408 e. The molecule has 10 nitrogen and oxygen atoms in total. The Bertz CT molecular complexity index is 862. The molecular formula is C23H33N3O7. The topological polar surface area (TPSA) is 134 Å². The van der Waals surface area contributed by atoms with Gasteiger partial charge < -0.3 is 30.1 Å². The highest BCUT2D eigenvalue weighted by Gasteiger charge is 2.41. The van der Waals surface area contributed by atoms with Crippen LogP contribution in [0.15, 0.2) is 24.3 Å². The lowest BCUT2D eigenvalue weighted by Crippen LogP contribution is -2.49. The van der Waals surface area contributed by atoms with Crippen LogP contribution in [0.3, 0.4) is 0 Å². The molecular weight excluding hydrogens is 430 g/mol. The molecule has 0 saturated heterocycles. The second kappa shape index (κ2) is 11.5. The minimum atomic E-state index is -1.04. The molecule has 1 unspecified atom stereocenters. The highest BCUT2D eigenvalue weighted by molar-refractivity contribution is 5.91. The van der Waals surface area contributed by atoms with Crippen molar-refractivity contribution in [1.29, 1.82) is 0 Å². The van der Waals surface area contributed by atoms with Gasteiger partial charge in [0.05, 0.1) is 13.0 Å². The fourth-order valence-corrected chi connectivity index (χ4v) is 3.22. The molecule has 3 amide bonds. The van der Waals surface area contributed by atoms with Crippen LogP contribution in [0.4, 0.5) is 4.79 Å². The zero-order chi connectivity index (χ0) is 24.6. The Morgan fingerprint density at radius 2 is 1.88 bits per heavy atom. The van der Waals surface area contributed by atoms with Gasteiger partial charge in [0.1, 0.15) is 23.9 Å². The van der Waals surface area contributed by atoms with Gasteiger partial charge >= 0.3 is 12.1 Å². The molecule has 0 radical (unpaired) electrons. The number of carbonyl (C=O) groups is 4. The largest absolute Gasteiger partial charge is 0.508 e. The Balaban J connectivity index is 2.18. The number of nitrogens with zero attached hydrogens (tertiary/aromatic N) is 1. The van der Waals surface area contributed by atoms with E-state index in [1.54, 1.807) is 39.8 Å². The molecule has 2 rings (SSSR count).